The number of hydrogen-bond donors (Lipinski definition) is 2. The van der Waals surface area contributed by atoms with E-state index in [-0.39, 0.29) is 18.5 Å². The molecule has 0 fully saturated rings. The Morgan fingerprint density at radius 3 is 3.10 bits per heavy atom. The molecule has 0 saturated heterocycles. The topological polar surface area (TPSA) is 85.8 Å². The van der Waals surface area contributed by atoms with Gasteiger partial charge >= 0.3 is 0 Å². The number of aromatic nitrogens is 3. The maximum Gasteiger partial charge on any atom is 0.242 e. The fraction of sp³-hybridized carbons (Fsp3) is 0.357. The van der Waals surface area contributed by atoms with Crippen LogP contribution in [0.15, 0.2) is 30.5 Å². The molecule has 1 amide bonds. The molecule has 0 spiro atoms. The Balaban J connectivity index is 1.62. The molecule has 1 unspecified atom stereocenters. The molecule has 3 rings (SSSR count). The second-order valence-electron chi connectivity index (χ2n) is 4.97. The highest BCUT2D eigenvalue weighted by molar-refractivity contribution is 5.76. The van der Waals surface area contributed by atoms with Gasteiger partial charge in [-0.3, -0.25) is 4.79 Å². The van der Waals surface area contributed by atoms with E-state index in [2.05, 4.69) is 27.8 Å². The molecule has 2 aromatic rings. The van der Waals surface area contributed by atoms with E-state index in [0.717, 1.165) is 12.8 Å². The van der Waals surface area contributed by atoms with Gasteiger partial charge in [0.25, 0.3) is 0 Å². The highest BCUT2D eigenvalue weighted by Gasteiger charge is 2.23. The molecule has 3 N–H and O–H groups in total. The minimum absolute atomic E-state index is 0.0554. The molecule has 20 heavy (non-hydrogen) atoms. The molecule has 6 heteroatoms. The van der Waals surface area contributed by atoms with Crippen LogP contribution in [0.3, 0.4) is 0 Å². The van der Waals surface area contributed by atoms with Crippen molar-refractivity contribution >= 4 is 5.91 Å². The maximum atomic E-state index is 12.0. The molecule has 1 aromatic heterocycles. The summed E-state index contributed by atoms with van der Waals surface area (Å²) in [6.45, 7) is 0.503. The number of fused-ring (bicyclic) bond motifs is 1. The van der Waals surface area contributed by atoms with Crippen molar-refractivity contribution in [1.29, 1.82) is 0 Å². The molecule has 0 radical (unpaired) electrons. The zero-order valence-electron chi connectivity index (χ0n) is 11.1. The second-order valence-corrected chi connectivity index (χ2v) is 4.97. The van der Waals surface area contributed by atoms with Crippen LogP contribution in [-0.4, -0.2) is 20.9 Å². The quantitative estimate of drug-likeness (QED) is 0.850. The lowest BCUT2D eigenvalue weighted by Crippen LogP contribution is -2.30. The van der Waals surface area contributed by atoms with Crippen LogP contribution in [0.2, 0.25) is 0 Å². The average Bonchev–Trinajstić information content (AvgIpc) is 3.06. The van der Waals surface area contributed by atoms with Gasteiger partial charge in [0.2, 0.25) is 5.91 Å². The number of carbonyl (C=O) groups is 1. The van der Waals surface area contributed by atoms with E-state index in [9.17, 15) is 4.79 Å². The zero-order chi connectivity index (χ0) is 13.9. The summed E-state index contributed by atoms with van der Waals surface area (Å²) in [5.74, 6) is -0.0554. The normalized spacial score (nSPS) is 16.9. The zero-order valence-corrected chi connectivity index (χ0v) is 11.1. The van der Waals surface area contributed by atoms with Crippen molar-refractivity contribution in [3.8, 4) is 0 Å². The van der Waals surface area contributed by atoms with Gasteiger partial charge in [-0.15, -0.1) is 5.10 Å². The van der Waals surface area contributed by atoms with Crippen molar-refractivity contribution in [2.45, 2.75) is 32.0 Å². The van der Waals surface area contributed by atoms with Gasteiger partial charge in [0.1, 0.15) is 6.54 Å². The third-order valence-corrected chi connectivity index (χ3v) is 3.57. The number of benzene rings is 1. The largest absolute Gasteiger partial charge is 0.348 e. The Bertz CT molecular complexity index is 622. The van der Waals surface area contributed by atoms with Crippen molar-refractivity contribution in [3.63, 3.8) is 0 Å². The molecular formula is C14H17N5O. The predicted molar refractivity (Wildman–Crippen MR) is 73.6 cm³/mol. The van der Waals surface area contributed by atoms with Gasteiger partial charge in [0.15, 0.2) is 0 Å². The van der Waals surface area contributed by atoms with Gasteiger partial charge in [-0.05, 0) is 24.0 Å². The van der Waals surface area contributed by atoms with Crippen LogP contribution in [0.4, 0.5) is 0 Å². The second kappa shape index (κ2) is 5.42. The number of rotatable bonds is 4. The number of nitrogens with zero attached hydrogens (tertiary/aromatic N) is 3. The molecular weight excluding hydrogens is 254 g/mol. The number of amides is 1. The first kappa shape index (κ1) is 12.8. The van der Waals surface area contributed by atoms with E-state index in [1.165, 1.54) is 15.8 Å². The predicted octanol–water partition coefficient (Wildman–Crippen LogP) is 0.540. The lowest BCUT2D eigenvalue weighted by atomic mass is 10.1. The highest BCUT2D eigenvalue weighted by Crippen LogP contribution is 2.30. The molecule has 0 bridgehead atoms. The van der Waals surface area contributed by atoms with E-state index < -0.39 is 0 Å². The smallest absolute Gasteiger partial charge is 0.242 e. The molecule has 1 heterocycles. The van der Waals surface area contributed by atoms with E-state index in [4.69, 9.17) is 5.73 Å². The van der Waals surface area contributed by atoms with E-state index >= 15 is 0 Å². The monoisotopic (exact) mass is 271 g/mol. The summed E-state index contributed by atoms with van der Waals surface area (Å²) in [5, 5.41) is 10.8. The van der Waals surface area contributed by atoms with Crippen LogP contribution < -0.4 is 11.1 Å². The van der Waals surface area contributed by atoms with Crippen LogP contribution in [0.5, 0.6) is 0 Å². The fourth-order valence-electron chi connectivity index (χ4n) is 2.60. The minimum atomic E-state index is -0.0554. The first-order chi connectivity index (χ1) is 9.76. The van der Waals surface area contributed by atoms with Gasteiger partial charge < -0.3 is 11.1 Å². The summed E-state index contributed by atoms with van der Waals surface area (Å²) < 4.78 is 1.51. The lowest BCUT2D eigenvalue weighted by Gasteiger charge is -2.13. The maximum absolute atomic E-state index is 12.0. The highest BCUT2D eigenvalue weighted by atomic mass is 16.2. The van der Waals surface area contributed by atoms with E-state index in [1.807, 2.05) is 12.1 Å². The van der Waals surface area contributed by atoms with Crippen LogP contribution in [0.1, 0.15) is 29.3 Å². The number of nitrogens with two attached hydrogens (primary N) is 1. The summed E-state index contributed by atoms with van der Waals surface area (Å²) in [4.78, 5) is 12.0. The minimum Gasteiger partial charge on any atom is -0.348 e. The van der Waals surface area contributed by atoms with Gasteiger partial charge in [-0.25, -0.2) is 4.68 Å². The summed E-state index contributed by atoms with van der Waals surface area (Å²) in [5.41, 5.74) is 8.69. The number of hydrogen-bond acceptors (Lipinski definition) is 4. The van der Waals surface area contributed by atoms with Crippen LogP contribution >= 0.6 is 0 Å². The van der Waals surface area contributed by atoms with Crippen molar-refractivity contribution in [1.82, 2.24) is 20.3 Å². The fourth-order valence-corrected chi connectivity index (χ4v) is 2.60. The molecule has 1 aromatic carbocycles. The molecule has 6 nitrogen and oxygen atoms in total. The molecule has 104 valence electrons. The van der Waals surface area contributed by atoms with Crippen molar-refractivity contribution in [3.05, 3.63) is 47.3 Å². The Hall–Kier alpha value is -2.21. The van der Waals surface area contributed by atoms with Gasteiger partial charge in [0.05, 0.1) is 17.9 Å². The van der Waals surface area contributed by atoms with Crippen LogP contribution in [0, 0.1) is 0 Å². The molecule has 0 saturated carbocycles. The molecule has 1 atom stereocenters. The third kappa shape index (κ3) is 2.55. The number of carbonyl (C=O) groups excluding carboxylic acids is 1. The number of aryl methyl sites for hydroxylation is 1. The Morgan fingerprint density at radius 1 is 1.45 bits per heavy atom. The summed E-state index contributed by atoms with van der Waals surface area (Å²) in [6.07, 6.45) is 3.67. The van der Waals surface area contributed by atoms with E-state index in [1.54, 1.807) is 6.20 Å². The molecule has 1 aliphatic rings. The van der Waals surface area contributed by atoms with Crippen molar-refractivity contribution < 1.29 is 4.79 Å². The third-order valence-electron chi connectivity index (χ3n) is 3.57. The summed E-state index contributed by atoms with van der Waals surface area (Å²) >= 11 is 0. The van der Waals surface area contributed by atoms with Crippen LogP contribution in [-0.2, 0) is 24.3 Å². The van der Waals surface area contributed by atoms with E-state index in [0.29, 0.717) is 12.2 Å². The van der Waals surface area contributed by atoms with Gasteiger partial charge in [-0.1, -0.05) is 29.5 Å². The first-order valence-corrected chi connectivity index (χ1v) is 6.72. The van der Waals surface area contributed by atoms with Crippen LogP contribution in [0.25, 0.3) is 0 Å². The molecule has 1 aliphatic carbocycles. The summed E-state index contributed by atoms with van der Waals surface area (Å²) in [7, 11) is 0. The summed E-state index contributed by atoms with van der Waals surface area (Å²) in [6, 6.07) is 8.35. The lowest BCUT2D eigenvalue weighted by molar-refractivity contribution is -0.122. The van der Waals surface area contributed by atoms with Crippen molar-refractivity contribution in [2.75, 3.05) is 0 Å². The Kier molecular flexibility index (Phi) is 3.47. The standard InChI is InChI=1S/C14H17N5O/c15-7-11-8-19(18-17-11)9-14(20)16-13-6-5-10-3-1-2-4-12(10)13/h1-4,8,13H,5-7,9,15H2,(H,16,20). The first-order valence-electron chi connectivity index (χ1n) is 6.72. The SMILES string of the molecule is NCc1cn(CC(=O)NC2CCc3ccccc32)nn1. The Morgan fingerprint density at radius 2 is 2.30 bits per heavy atom. The number of nitrogens with one attached hydrogen (secondary N) is 1. The average molecular weight is 271 g/mol. The van der Waals surface area contributed by atoms with Gasteiger partial charge in [0, 0.05) is 6.54 Å². The molecule has 0 aliphatic heterocycles. The Labute approximate surface area is 117 Å². The van der Waals surface area contributed by atoms with Crippen molar-refractivity contribution in [2.24, 2.45) is 5.73 Å². The van der Waals surface area contributed by atoms with Gasteiger partial charge in [-0.2, -0.15) is 0 Å².